The number of ether oxygens (including phenoxy) is 1. The van der Waals surface area contributed by atoms with Crippen molar-refractivity contribution in [2.24, 2.45) is 0 Å². The lowest BCUT2D eigenvalue weighted by molar-refractivity contribution is -0.123. The molecule has 0 spiro atoms. The normalized spacial score (nSPS) is 11.2. The molecule has 2 rings (SSSR count). The summed E-state index contributed by atoms with van der Waals surface area (Å²) >= 11 is 5.80. The van der Waals surface area contributed by atoms with Crippen molar-refractivity contribution in [1.82, 2.24) is 10.3 Å². The van der Waals surface area contributed by atoms with Crippen molar-refractivity contribution < 1.29 is 26.7 Å². The number of aryl methyl sites for hydroxylation is 1. The monoisotopic (exact) mass is 390 g/mol. The van der Waals surface area contributed by atoms with Gasteiger partial charge in [-0.25, -0.2) is 17.2 Å². The van der Waals surface area contributed by atoms with Gasteiger partial charge >= 0.3 is 0 Å². The average Bonchev–Trinajstić information content (AvgIpc) is 2.54. The molecule has 0 bridgehead atoms. The molecule has 0 saturated carbocycles. The molecule has 2 aromatic rings. The molecule has 0 saturated heterocycles. The first-order chi connectivity index (χ1) is 11.7. The van der Waals surface area contributed by atoms with Crippen LogP contribution in [0.2, 0.25) is 5.02 Å². The van der Waals surface area contributed by atoms with E-state index in [0.29, 0.717) is 28.5 Å². The van der Waals surface area contributed by atoms with Gasteiger partial charge in [0, 0.05) is 5.02 Å². The van der Waals surface area contributed by atoms with Crippen molar-refractivity contribution in [3.8, 4) is 5.75 Å². The van der Waals surface area contributed by atoms with Gasteiger partial charge in [-0.3, -0.25) is 10.2 Å². The summed E-state index contributed by atoms with van der Waals surface area (Å²) in [6.45, 7) is 1.26. The van der Waals surface area contributed by atoms with E-state index < -0.39 is 39.1 Å². The summed E-state index contributed by atoms with van der Waals surface area (Å²) in [4.78, 5) is 12.9. The van der Waals surface area contributed by atoms with Crippen LogP contribution < -0.4 is 15.0 Å². The van der Waals surface area contributed by atoms with Gasteiger partial charge in [-0.15, -0.1) is 4.83 Å². The van der Waals surface area contributed by atoms with Crippen molar-refractivity contribution in [1.29, 1.82) is 0 Å². The van der Waals surface area contributed by atoms with Gasteiger partial charge in [0.2, 0.25) is 0 Å². The van der Waals surface area contributed by atoms with E-state index in [2.05, 4.69) is 0 Å². The van der Waals surface area contributed by atoms with Crippen LogP contribution in [0.3, 0.4) is 0 Å². The summed E-state index contributed by atoms with van der Waals surface area (Å²) in [6, 6.07) is 6.81. The Morgan fingerprint density at radius 1 is 1.16 bits per heavy atom. The molecule has 6 nitrogen and oxygen atoms in total. The molecule has 25 heavy (non-hydrogen) atoms. The maximum Gasteiger partial charge on any atom is 0.272 e. The standard InChI is InChI=1S/C15H13ClF2N2O4S/c1-9-6-10(16)2-5-14(9)24-8-15(21)19-20-25(22,23)11-3-4-12(17)13(18)7-11/h2-7,20H,8H2,1H3,(H,19,21). The number of hydrogen-bond donors (Lipinski definition) is 2. The van der Waals surface area contributed by atoms with E-state index in [1.165, 1.54) is 0 Å². The number of sulfonamides is 1. The van der Waals surface area contributed by atoms with Crippen LogP contribution in [-0.2, 0) is 14.8 Å². The summed E-state index contributed by atoms with van der Waals surface area (Å²) in [5.41, 5.74) is 2.61. The SMILES string of the molecule is Cc1cc(Cl)ccc1OCC(=O)NNS(=O)(=O)c1ccc(F)c(F)c1. The first kappa shape index (κ1) is 19.1. The topological polar surface area (TPSA) is 84.5 Å². The second-order valence-corrected chi connectivity index (χ2v) is 7.05. The summed E-state index contributed by atoms with van der Waals surface area (Å²) in [5, 5.41) is 0.508. The molecule has 0 unspecified atom stereocenters. The molecule has 0 heterocycles. The Hall–Kier alpha value is -2.23. The lowest BCUT2D eigenvalue weighted by atomic mass is 10.2. The van der Waals surface area contributed by atoms with Crippen molar-refractivity contribution in [3.63, 3.8) is 0 Å². The maximum absolute atomic E-state index is 13.1. The van der Waals surface area contributed by atoms with Crippen LogP contribution >= 0.6 is 11.6 Å². The quantitative estimate of drug-likeness (QED) is 0.741. The van der Waals surface area contributed by atoms with E-state index in [9.17, 15) is 22.0 Å². The van der Waals surface area contributed by atoms with Crippen LogP contribution in [-0.4, -0.2) is 20.9 Å². The van der Waals surface area contributed by atoms with Crippen molar-refractivity contribution in [2.75, 3.05) is 6.61 Å². The van der Waals surface area contributed by atoms with Crippen LogP contribution in [0.15, 0.2) is 41.3 Å². The molecule has 0 atom stereocenters. The highest BCUT2D eigenvalue weighted by atomic mass is 35.5. The molecule has 2 N–H and O–H groups in total. The molecule has 0 aliphatic rings. The molecule has 10 heteroatoms. The zero-order valence-electron chi connectivity index (χ0n) is 12.8. The van der Waals surface area contributed by atoms with E-state index >= 15 is 0 Å². The molecule has 0 aliphatic heterocycles. The number of hydrazine groups is 1. The van der Waals surface area contributed by atoms with Crippen LogP contribution in [0.25, 0.3) is 0 Å². The van der Waals surface area contributed by atoms with Gasteiger partial charge in [0.15, 0.2) is 18.2 Å². The predicted octanol–water partition coefficient (Wildman–Crippen LogP) is 2.32. The summed E-state index contributed by atoms with van der Waals surface area (Å²) in [5.74, 6) is -2.89. The van der Waals surface area contributed by atoms with E-state index in [1.54, 1.807) is 30.0 Å². The Kier molecular flexibility index (Phi) is 5.93. The zero-order valence-corrected chi connectivity index (χ0v) is 14.4. The van der Waals surface area contributed by atoms with Crippen molar-refractivity contribution in [3.05, 3.63) is 58.6 Å². The Balaban J connectivity index is 1.93. The predicted molar refractivity (Wildman–Crippen MR) is 86.5 cm³/mol. The fourth-order valence-corrected chi connectivity index (χ4v) is 2.88. The zero-order chi connectivity index (χ0) is 18.6. The first-order valence-electron chi connectivity index (χ1n) is 6.84. The van der Waals surface area contributed by atoms with Crippen molar-refractivity contribution >= 4 is 27.5 Å². The number of amides is 1. The van der Waals surface area contributed by atoms with Gasteiger partial charge in [-0.05, 0) is 48.9 Å². The Morgan fingerprint density at radius 2 is 1.88 bits per heavy atom. The number of nitrogens with one attached hydrogen (secondary N) is 2. The molecule has 0 radical (unpaired) electrons. The van der Waals surface area contributed by atoms with Crippen LogP contribution in [0, 0.1) is 18.6 Å². The van der Waals surface area contributed by atoms with Gasteiger partial charge in [-0.2, -0.15) is 0 Å². The number of rotatable bonds is 6. The molecule has 0 aliphatic carbocycles. The lowest BCUT2D eigenvalue weighted by Crippen LogP contribution is -2.43. The Labute approximate surface area is 147 Å². The minimum atomic E-state index is -4.25. The second kappa shape index (κ2) is 7.77. The molecule has 0 fully saturated rings. The van der Waals surface area contributed by atoms with E-state index in [0.717, 1.165) is 6.07 Å². The van der Waals surface area contributed by atoms with Crippen molar-refractivity contribution in [2.45, 2.75) is 11.8 Å². The first-order valence-corrected chi connectivity index (χ1v) is 8.70. The number of benzene rings is 2. The van der Waals surface area contributed by atoms with E-state index in [4.69, 9.17) is 16.3 Å². The van der Waals surface area contributed by atoms with Gasteiger partial charge < -0.3 is 4.74 Å². The molecule has 134 valence electrons. The van der Waals surface area contributed by atoms with Crippen LogP contribution in [0.5, 0.6) is 5.75 Å². The average molecular weight is 391 g/mol. The molecule has 0 aromatic heterocycles. The number of halogens is 3. The van der Waals surface area contributed by atoms with Crippen LogP contribution in [0.1, 0.15) is 5.56 Å². The molecular weight excluding hydrogens is 378 g/mol. The fourth-order valence-electron chi connectivity index (χ4n) is 1.78. The van der Waals surface area contributed by atoms with Gasteiger partial charge in [0.05, 0.1) is 4.90 Å². The largest absolute Gasteiger partial charge is 0.483 e. The third kappa shape index (κ3) is 5.12. The highest BCUT2D eigenvalue weighted by molar-refractivity contribution is 7.89. The van der Waals surface area contributed by atoms with E-state index in [1.807, 2.05) is 5.43 Å². The molecule has 2 aromatic carbocycles. The number of carbonyl (C=O) groups excluding carboxylic acids is 1. The minimum absolute atomic E-state index is 0.406. The second-order valence-electron chi connectivity index (χ2n) is 4.93. The third-order valence-electron chi connectivity index (χ3n) is 3.02. The van der Waals surface area contributed by atoms with Gasteiger partial charge in [0.25, 0.3) is 15.9 Å². The Morgan fingerprint density at radius 3 is 2.52 bits per heavy atom. The Bertz CT molecular complexity index is 906. The fraction of sp³-hybridized carbons (Fsp3) is 0.133. The molecule has 1 amide bonds. The highest BCUT2D eigenvalue weighted by Gasteiger charge is 2.17. The number of carbonyl (C=O) groups is 1. The van der Waals surface area contributed by atoms with Crippen LogP contribution in [0.4, 0.5) is 8.78 Å². The molecular formula is C15H13ClF2N2O4S. The maximum atomic E-state index is 13.1. The van der Waals surface area contributed by atoms with E-state index in [-0.39, 0.29) is 0 Å². The summed E-state index contributed by atoms with van der Waals surface area (Å²) in [6.07, 6.45) is 0. The summed E-state index contributed by atoms with van der Waals surface area (Å²) < 4.78 is 55.0. The number of hydrogen-bond acceptors (Lipinski definition) is 4. The van der Waals surface area contributed by atoms with Gasteiger partial charge in [0.1, 0.15) is 5.75 Å². The summed E-state index contributed by atoms with van der Waals surface area (Å²) in [7, 11) is -4.25. The highest BCUT2D eigenvalue weighted by Crippen LogP contribution is 2.21. The minimum Gasteiger partial charge on any atom is -0.483 e. The third-order valence-corrected chi connectivity index (χ3v) is 4.50. The smallest absolute Gasteiger partial charge is 0.272 e. The lowest BCUT2D eigenvalue weighted by Gasteiger charge is -2.11. The van der Waals surface area contributed by atoms with Gasteiger partial charge in [-0.1, -0.05) is 11.6 Å².